The minimum atomic E-state index is -1.38. The molecule has 3 saturated carbocycles. The molecule has 0 spiro atoms. The number of carbonyl (C=O) groups excluding carboxylic acids is 3. The van der Waals surface area contributed by atoms with Crippen molar-refractivity contribution in [2.24, 2.45) is 34.5 Å². The van der Waals surface area contributed by atoms with Gasteiger partial charge in [-0.25, -0.2) is 4.79 Å². The normalized spacial score (nSPS) is 44.8. The molecule has 0 heterocycles. The van der Waals surface area contributed by atoms with E-state index < -0.39 is 46.8 Å². The van der Waals surface area contributed by atoms with Crippen LogP contribution < -0.4 is 0 Å². The summed E-state index contributed by atoms with van der Waals surface area (Å²) in [5.41, 5.74) is -1.00. The Hall–Kier alpha value is -1.73. The summed E-state index contributed by atoms with van der Waals surface area (Å²) in [6.45, 7) is 7.60. The molecule has 2 N–H and O–H groups in total. The Morgan fingerprint density at radius 3 is 2.50 bits per heavy atom. The molecule has 0 unspecified atom stereocenters. The van der Waals surface area contributed by atoms with Gasteiger partial charge in [-0.1, -0.05) is 19.4 Å². The van der Waals surface area contributed by atoms with Crippen LogP contribution in [0.2, 0.25) is 0 Å². The molecule has 168 valence electrons. The van der Waals surface area contributed by atoms with E-state index in [1.165, 1.54) is 13.2 Å². The zero-order chi connectivity index (χ0) is 22.4. The summed E-state index contributed by atoms with van der Waals surface area (Å²) in [5, 5.41) is 21.9. The topological polar surface area (TPSA) is 110 Å². The third-order valence-electron chi connectivity index (χ3n) is 8.30. The summed E-state index contributed by atoms with van der Waals surface area (Å²) in [6.07, 6.45) is 1.48. The lowest BCUT2D eigenvalue weighted by Gasteiger charge is -2.62. The van der Waals surface area contributed by atoms with Crippen molar-refractivity contribution in [3.8, 4) is 0 Å². The summed E-state index contributed by atoms with van der Waals surface area (Å²) >= 11 is 0. The van der Waals surface area contributed by atoms with Crippen molar-refractivity contribution in [3.05, 3.63) is 11.6 Å². The van der Waals surface area contributed by atoms with E-state index in [0.717, 1.165) is 5.57 Å². The number of esters is 2. The number of hydrogen-bond acceptors (Lipinski definition) is 7. The number of rotatable bonds is 3. The molecular formula is C23H34O7. The largest absolute Gasteiger partial charge is 0.469 e. The third-order valence-corrected chi connectivity index (χ3v) is 8.30. The first-order chi connectivity index (χ1) is 14.0. The minimum absolute atomic E-state index is 0.0516. The fourth-order valence-corrected chi connectivity index (χ4v) is 6.78. The molecule has 3 aliphatic rings. The number of ether oxygens (including phenoxy) is 2. The van der Waals surface area contributed by atoms with Crippen molar-refractivity contribution in [1.29, 1.82) is 0 Å². The van der Waals surface area contributed by atoms with E-state index in [1.807, 2.05) is 13.8 Å². The lowest BCUT2D eigenvalue weighted by molar-refractivity contribution is -0.217. The predicted molar refractivity (Wildman–Crippen MR) is 108 cm³/mol. The fourth-order valence-electron chi connectivity index (χ4n) is 6.78. The number of methoxy groups -OCH3 is 1. The highest BCUT2D eigenvalue weighted by Gasteiger charge is 2.68. The fraction of sp³-hybridized carbons (Fsp3) is 0.783. The molecule has 7 nitrogen and oxygen atoms in total. The van der Waals surface area contributed by atoms with Gasteiger partial charge in [-0.3, -0.25) is 9.59 Å². The van der Waals surface area contributed by atoms with Crippen molar-refractivity contribution in [2.45, 2.75) is 65.6 Å². The molecule has 3 fully saturated rings. The second-order valence-electron chi connectivity index (χ2n) is 9.59. The van der Waals surface area contributed by atoms with Gasteiger partial charge in [0.05, 0.1) is 25.2 Å². The molecule has 0 radical (unpaired) electrons. The maximum Gasteiger partial charge on any atom is 0.330 e. The van der Waals surface area contributed by atoms with E-state index in [2.05, 4.69) is 0 Å². The van der Waals surface area contributed by atoms with Crippen LogP contribution in [-0.2, 0) is 23.9 Å². The van der Waals surface area contributed by atoms with Gasteiger partial charge >= 0.3 is 11.9 Å². The molecule has 0 amide bonds. The molecule has 0 aliphatic heterocycles. The smallest absolute Gasteiger partial charge is 0.330 e. The van der Waals surface area contributed by atoms with Crippen molar-refractivity contribution in [2.75, 3.05) is 13.7 Å². The Morgan fingerprint density at radius 2 is 1.90 bits per heavy atom. The van der Waals surface area contributed by atoms with Crippen LogP contribution in [0, 0.1) is 34.5 Å². The molecule has 7 heteroatoms. The second kappa shape index (κ2) is 8.08. The van der Waals surface area contributed by atoms with Crippen LogP contribution in [-0.4, -0.2) is 53.9 Å². The zero-order valence-electron chi connectivity index (χ0n) is 18.5. The van der Waals surface area contributed by atoms with Crippen LogP contribution >= 0.6 is 0 Å². The van der Waals surface area contributed by atoms with Crippen LogP contribution in [0.1, 0.15) is 53.4 Å². The van der Waals surface area contributed by atoms with Crippen molar-refractivity contribution >= 4 is 17.7 Å². The van der Waals surface area contributed by atoms with Gasteiger partial charge in [0.1, 0.15) is 6.10 Å². The van der Waals surface area contributed by atoms with Crippen molar-refractivity contribution in [3.63, 3.8) is 0 Å². The summed E-state index contributed by atoms with van der Waals surface area (Å²) in [6, 6.07) is 0. The van der Waals surface area contributed by atoms with E-state index in [-0.39, 0.29) is 24.2 Å². The molecule has 0 saturated heterocycles. The first-order valence-electron chi connectivity index (χ1n) is 10.9. The number of carbonyl (C=O) groups is 3. The van der Waals surface area contributed by atoms with Crippen LogP contribution in [0.25, 0.3) is 0 Å². The van der Waals surface area contributed by atoms with Crippen LogP contribution in [0.4, 0.5) is 0 Å². The van der Waals surface area contributed by atoms with Gasteiger partial charge in [-0.05, 0) is 56.8 Å². The van der Waals surface area contributed by atoms with Gasteiger partial charge in [0, 0.05) is 17.9 Å². The highest BCUT2D eigenvalue weighted by Crippen LogP contribution is 2.64. The predicted octanol–water partition coefficient (Wildman–Crippen LogP) is 2.04. The van der Waals surface area contributed by atoms with Gasteiger partial charge in [0.2, 0.25) is 0 Å². The number of ketones is 1. The maximum atomic E-state index is 13.4. The average Bonchev–Trinajstić information content (AvgIpc) is 2.70. The molecule has 3 rings (SSSR count). The lowest BCUT2D eigenvalue weighted by Crippen LogP contribution is -2.68. The first-order valence-corrected chi connectivity index (χ1v) is 10.9. The van der Waals surface area contributed by atoms with Crippen molar-refractivity contribution in [1.82, 2.24) is 0 Å². The zero-order valence-corrected chi connectivity index (χ0v) is 18.5. The molecule has 0 aromatic heterocycles. The summed E-state index contributed by atoms with van der Waals surface area (Å²) < 4.78 is 10.0. The lowest BCUT2D eigenvalue weighted by atomic mass is 9.41. The van der Waals surface area contributed by atoms with Gasteiger partial charge < -0.3 is 19.7 Å². The highest BCUT2D eigenvalue weighted by molar-refractivity contribution is 5.90. The molecule has 30 heavy (non-hydrogen) atoms. The second-order valence-corrected chi connectivity index (χ2v) is 9.59. The summed E-state index contributed by atoms with van der Waals surface area (Å²) in [7, 11) is 1.27. The SMILES string of the molecule is CCOC(=O)/C=C1\CC[C@H]2[C@@H](C(=O)[C@H](O)[C@@H]3[C@]2(C)CC[C@H](O)[C@]3(C)C(=O)OC)[C@H]1C. The first kappa shape index (κ1) is 22.9. The third kappa shape index (κ3) is 3.21. The van der Waals surface area contributed by atoms with E-state index in [9.17, 15) is 24.6 Å². The molecule has 3 aliphatic carbocycles. The minimum Gasteiger partial charge on any atom is -0.469 e. The summed E-state index contributed by atoms with van der Waals surface area (Å²) in [5.74, 6) is -2.74. The standard InChI is InChI=1S/C23H34O7/c1-6-30-16(25)11-13-7-8-14-17(12(13)2)18(26)19(27)20-22(14,3)10-9-15(24)23(20,4)21(28)29-5/h11-12,14-15,17,19-20,24,27H,6-10H2,1-5H3/b13-11+/t12-,14-,15-,17-,19-,20+,22+,23-/m0/s1. The van der Waals surface area contributed by atoms with Crippen LogP contribution in [0.5, 0.6) is 0 Å². The highest BCUT2D eigenvalue weighted by atomic mass is 16.5. The van der Waals surface area contributed by atoms with E-state index in [1.54, 1.807) is 13.8 Å². The Labute approximate surface area is 177 Å². The monoisotopic (exact) mass is 422 g/mol. The molecule has 0 aromatic rings. The summed E-state index contributed by atoms with van der Waals surface area (Å²) in [4.78, 5) is 38.1. The van der Waals surface area contributed by atoms with Crippen molar-refractivity contribution < 1.29 is 34.1 Å². The van der Waals surface area contributed by atoms with E-state index in [4.69, 9.17) is 9.47 Å². The number of aliphatic hydroxyl groups excluding tert-OH is 2. The van der Waals surface area contributed by atoms with Gasteiger partial charge in [-0.2, -0.15) is 0 Å². The Balaban J connectivity index is 2.02. The number of allylic oxidation sites excluding steroid dienone is 1. The molecule has 0 bridgehead atoms. The number of hydrogen-bond donors (Lipinski definition) is 2. The molecular weight excluding hydrogens is 388 g/mol. The Kier molecular flexibility index (Phi) is 6.18. The van der Waals surface area contributed by atoms with E-state index in [0.29, 0.717) is 25.7 Å². The Morgan fingerprint density at radius 1 is 1.23 bits per heavy atom. The molecule has 0 aromatic carbocycles. The number of aliphatic hydroxyl groups is 2. The quantitative estimate of drug-likeness (QED) is 0.529. The number of Topliss-reactive ketones (excluding diaryl/α,β-unsaturated/α-hetero) is 1. The van der Waals surface area contributed by atoms with E-state index >= 15 is 0 Å². The maximum absolute atomic E-state index is 13.4. The van der Waals surface area contributed by atoms with Gasteiger partial charge in [-0.15, -0.1) is 0 Å². The van der Waals surface area contributed by atoms with Crippen LogP contribution in [0.3, 0.4) is 0 Å². The number of fused-ring (bicyclic) bond motifs is 3. The molecule has 8 atom stereocenters. The Bertz CT molecular complexity index is 759. The van der Waals surface area contributed by atoms with Gasteiger partial charge in [0.15, 0.2) is 5.78 Å². The van der Waals surface area contributed by atoms with Crippen LogP contribution in [0.15, 0.2) is 11.6 Å². The van der Waals surface area contributed by atoms with Gasteiger partial charge in [0.25, 0.3) is 0 Å². The average molecular weight is 423 g/mol.